The topological polar surface area (TPSA) is 88.3 Å². The molecular weight excluding hydrogens is 368 g/mol. The zero-order chi connectivity index (χ0) is 18.5. The molecule has 6 nitrogen and oxygen atoms in total. The monoisotopic (exact) mass is 390 g/mol. The second-order valence-electron chi connectivity index (χ2n) is 6.00. The summed E-state index contributed by atoms with van der Waals surface area (Å²) in [5.74, 6) is 1.69. The maximum atomic E-state index is 12.8. The Morgan fingerprint density at radius 2 is 2.08 bits per heavy atom. The lowest BCUT2D eigenvalue weighted by Crippen LogP contribution is -2.38. The van der Waals surface area contributed by atoms with E-state index in [0.29, 0.717) is 29.9 Å². The Hall–Kier alpha value is -1.90. The van der Waals surface area contributed by atoms with Gasteiger partial charge in [-0.25, -0.2) is 4.98 Å². The zero-order valence-corrected chi connectivity index (χ0v) is 16.3. The second-order valence-corrected chi connectivity index (χ2v) is 8.17. The van der Waals surface area contributed by atoms with Gasteiger partial charge in [0.2, 0.25) is 0 Å². The van der Waals surface area contributed by atoms with Gasteiger partial charge in [-0.15, -0.1) is 11.3 Å². The maximum absolute atomic E-state index is 12.8. The number of carbonyl (C=O) groups excluding carboxylic acids is 2. The third-order valence-electron chi connectivity index (χ3n) is 4.25. The summed E-state index contributed by atoms with van der Waals surface area (Å²) in [4.78, 5) is 31.4. The minimum absolute atomic E-state index is 0.0257. The van der Waals surface area contributed by atoms with Crippen LogP contribution in [0.25, 0.3) is 0 Å². The number of aromatic nitrogens is 1. The summed E-state index contributed by atoms with van der Waals surface area (Å²) in [6.07, 6.45) is 0.662. The lowest BCUT2D eigenvalue weighted by Gasteiger charge is -2.27. The van der Waals surface area contributed by atoms with Gasteiger partial charge >= 0.3 is 0 Å². The number of amides is 2. The van der Waals surface area contributed by atoms with Gasteiger partial charge < -0.3 is 16.0 Å². The molecule has 8 heteroatoms. The van der Waals surface area contributed by atoms with Crippen molar-refractivity contribution in [3.63, 3.8) is 0 Å². The quantitative estimate of drug-likeness (QED) is 0.818. The molecule has 0 unspecified atom stereocenters. The van der Waals surface area contributed by atoms with Gasteiger partial charge in [0.25, 0.3) is 11.8 Å². The SMILES string of the molecule is Cc1c(NC(=O)c2csc(CCN)n2)cccc1C(=O)N1CCSCC1. The number of thioether (sulfide) groups is 1. The van der Waals surface area contributed by atoms with E-state index in [4.69, 9.17) is 5.73 Å². The predicted molar refractivity (Wildman–Crippen MR) is 107 cm³/mol. The first-order valence-electron chi connectivity index (χ1n) is 8.52. The average molecular weight is 391 g/mol. The van der Waals surface area contributed by atoms with E-state index in [9.17, 15) is 9.59 Å². The Morgan fingerprint density at radius 3 is 2.81 bits per heavy atom. The van der Waals surface area contributed by atoms with E-state index in [1.807, 2.05) is 35.7 Å². The molecule has 1 fully saturated rings. The number of hydrogen-bond acceptors (Lipinski definition) is 6. The summed E-state index contributed by atoms with van der Waals surface area (Å²) in [6, 6.07) is 5.43. The molecule has 0 spiro atoms. The van der Waals surface area contributed by atoms with Crippen molar-refractivity contribution in [2.24, 2.45) is 5.73 Å². The highest BCUT2D eigenvalue weighted by Crippen LogP contribution is 2.23. The van der Waals surface area contributed by atoms with E-state index in [2.05, 4.69) is 10.3 Å². The summed E-state index contributed by atoms with van der Waals surface area (Å²) in [7, 11) is 0. The highest BCUT2D eigenvalue weighted by molar-refractivity contribution is 7.99. The van der Waals surface area contributed by atoms with Crippen LogP contribution in [-0.4, -0.2) is 52.8 Å². The molecule has 2 heterocycles. The average Bonchev–Trinajstić information content (AvgIpc) is 3.13. The second kappa shape index (κ2) is 8.66. The lowest BCUT2D eigenvalue weighted by molar-refractivity contribution is 0.0771. The minimum Gasteiger partial charge on any atom is -0.337 e. The van der Waals surface area contributed by atoms with Crippen molar-refractivity contribution in [3.8, 4) is 0 Å². The molecular formula is C18H22N4O2S2. The largest absolute Gasteiger partial charge is 0.337 e. The lowest BCUT2D eigenvalue weighted by atomic mass is 10.1. The van der Waals surface area contributed by atoms with Crippen LogP contribution in [0.5, 0.6) is 0 Å². The van der Waals surface area contributed by atoms with Gasteiger partial charge in [0.05, 0.1) is 5.01 Å². The van der Waals surface area contributed by atoms with Crippen LogP contribution in [0.4, 0.5) is 5.69 Å². The van der Waals surface area contributed by atoms with Crippen LogP contribution in [0.3, 0.4) is 0 Å². The Balaban J connectivity index is 1.75. The molecule has 1 aliphatic rings. The van der Waals surface area contributed by atoms with Crippen LogP contribution >= 0.6 is 23.1 Å². The molecule has 2 aromatic rings. The van der Waals surface area contributed by atoms with Crippen molar-refractivity contribution in [3.05, 3.63) is 45.4 Å². The van der Waals surface area contributed by atoms with Crippen molar-refractivity contribution in [2.45, 2.75) is 13.3 Å². The molecule has 1 aromatic carbocycles. The molecule has 138 valence electrons. The maximum Gasteiger partial charge on any atom is 0.275 e. The molecule has 0 bridgehead atoms. The fourth-order valence-electron chi connectivity index (χ4n) is 2.78. The number of nitrogens with one attached hydrogen (secondary N) is 1. The summed E-state index contributed by atoms with van der Waals surface area (Å²) in [5.41, 5.74) is 7.96. The van der Waals surface area contributed by atoms with Crippen LogP contribution in [0, 0.1) is 6.92 Å². The molecule has 0 atom stereocenters. The van der Waals surface area contributed by atoms with Crippen LogP contribution < -0.4 is 11.1 Å². The van der Waals surface area contributed by atoms with Crippen LogP contribution in [0.2, 0.25) is 0 Å². The van der Waals surface area contributed by atoms with E-state index in [1.165, 1.54) is 11.3 Å². The highest BCUT2D eigenvalue weighted by Gasteiger charge is 2.21. The Kier molecular flexibility index (Phi) is 6.29. The third-order valence-corrected chi connectivity index (χ3v) is 6.10. The van der Waals surface area contributed by atoms with Gasteiger partial charge in [-0.2, -0.15) is 11.8 Å². The van der Waals surface area contributed by atoms with Crippen LogP contribution in [0.1, 0.15) is 31.4 Å². The van der Waals surface area contributed by atoms with Gasteiger partial charge in [0.1, 0.15) is 5.69 Å². The van der Waals surface area contributed by atoms with Gasteiger partial charge in [-0.1, -0.05) is 6.07 Å². The van der Waals surface area contributed by atoms with Crippen molar-refractivity contribution in [1.82, 2.24) is 9.88 Å². The van der Waals surface area contributed by atoms with E-state index in [-0.39, 0.29) is 11.8 Å². The van der Waals surface area contributed by atoms with E-state index >= 15 is 0 Å². The molecule has 1 aromatic heterocycles. The number of anilines is 1. The highest BCUT2D eigenvalue weighted by atomic mass is 32.2. The van der Waals surface area contributed by atoms with E-state index < -0.39 is 0 Å². The summed E-state index contributed by atoms with van der Waals surface area (Å²) >= 11 is 3.29. The van der Waals surface area contributed by atoms with Crippen molar-refractivity contribution in [2.75, 3.05) is 36.5 Å². The Morgan fingerprint density at radius 1 is 1.31 bits per heavy atom. The molecule has 3 N–H and O–H groups in total. The molecule has 1 aliphatic heterocycles. The summed E-state index contributed by atoms with van der Waals surface area (Å²) < 4.78 is 0. The van der Waals surface area contributed by atoms with Gasteiger partial charge in [-0.05, 0) is 31.2 Å². The normalized spacial score (nSPS) is 14.3. The molecule has 0 radical (unpaired) electrons. The minimum atomic E-state index is -0.272. The summed E-state index contributed by atoms with van der Waals surface area (Å²) in [5, 5.41) is 5.46. The first-order chi connectivity index (χ1) is 12.6. The van der Waals surface area contributed by atoms with Gasteiger partial charge in [0, 0.05) is 47.6 Å². The number of nitrogens with zero attached hydrogens (tertiary/aromatic N) is 2. The van der Waals surface area contributed by atoms with Crippen molar-refractivity contribution >= 4 is 40.6 Å². The number of nitrogens with two attached hydrogens (primary N) is 1. The van der Waals surface area contributed by atoms with E-state index in [1.54, 1.807) is 11.4 Å². The fraction of sp³-hybridized carbons (Fsp3) is 0.389. The number of rotatable bonds is 5. The number of carbonyl (C=O) groups is 2. The number of hydrogen-bond donors (Lipinski definition) is 2. The standard InChI is InChI=1S/C18H22N4O2S2/c1-12-13(18(24)22-7-9-25-10-8-22)3-2-4-14(12)21-17(23)15-11-26-16(20-15)5-6-19/h2-4,11H,5-10,19H2,1H3,(H,21,23). The first-order valence-corrected chi connectivity index (χ1v) is 10.6. The van der Waals surface area contributed by atoms with Crippen molar-refractivity contribution in [1.29, 1.82) is 0 Å². The third kappa shape index (κ3) is 4.25. The van der Waals surface area contributed by atoms with Crippen LogP contribution in [0.15, 0.2) is 23.6 Å². The molecule has 0 saturated carbocycles. The molecule has 2 amide bonds. The smallest absolute Gasteiger partial charge is 0.275 e. The van der Waals surface area contributed by atoms with E-state index in [0.717, 1.165) is 35.2 Å². The number of benzene rings is 1. The molecule has 1 saturated heterocycles. The Bertz CT molecular complexity index is 800. The molecule has 0 aliphatic carbocycles. The molecule has 3 rings (SSSR count). The number of thiazole rings is 1. The van der Waals surface area contributed by atoms with Crippen molar-refractivity contribution < 1.29 is 9.59 Å². The first kappa shape index (κ1) is 18.9. The summed E-state index contributed by atoms with van der Waals surface area (Å²) in [6.45, 7) is 3.90. The predicted octanol–water partition coefficient (Wildman–Crippen LogP) is 2.39. The fourth-order valence-corrected chi connectivity index (χ4v) is 4.48. The zero-order valence-electron chi connectivity index (χ0n) is 14.7. The van der Waals surface area contributed by atoms with Gasteiger partial charge in [0.15, 0.2) is 0 Å². The molecule has 26 heavy (non-hydrogen) atoms. The Labute approximate surface area is 161 Å². The van der Waals surface area contributed by atoms with Crippen LogP contribution in [-0.2, 0) is 6.42 Å². The van der Waals surface area contributed by atoms with Gasteiger partial charge in [-0.3, -0.25) is 9.59 Å².